The summed E-state index contributed by atoms with van der Waals surface area (Å²) in [5.74, 6) is -2.34. The van der Waals surface area contributed by atoms with Crippen LogP contribution < -0.4 is 5.32 Å². The second kappa shape index (κ2) is 7.24. The minimum Gasteiger partial charge on any atom is -0.449 e. The second-order valence-corrected chi connectivity index (χ2v) is 4.44. The first-order valence-electron chi connectivity index (χ1n) is 6.06. The minimum atomic E-state index is -0.935. The standard InChI is InChI=1S/C14H15FN2O3/c1-9(2)12(14(19)20-8-7-16)17-13(18)10-5-3-4-6-11(10)15/h3-6,9,12H,8H2,1-2H3,(H,17,18)/t12-/m0/s1. The maximum absolute atomic E-state index is 13.5. The molecule has 1 amide bonds. The van der Waals surface area contributed by atoms with E-state index in [0.717, 1.165) is 6.07 Å². The lowest BCUT2D eigenvalue weighted by atomic mass is 10.0. The van der Waals surface area contributed by atoms with Gasteiger partial charge in [0.15, 0.2) is 6.61 Å². The van der Waals surface area contributed by atoms with Gasteiger partial charge in [0.2, 0.25) is 0 Å². The van der Waals surface area contributed by atoms with Crippen molar-refractivity contribution in [2.75, 3.05) is 6.61 Å². The number of hydrogen-bond donors (Lipinski definition) is 1. The number of rotatable bonds is 5. The Bertz CT molecular complexity index is 537. The molecule has 0 saturated heterocycles. The Kier molecular flexibility index (Phi) is 5.66. The fraction of sp³-hybridized carbons (Fsp3) is 0.357. The van der Waals surface area contributed by atoms with Gasteiger partial charge in [0, 0.05) is 0 Å². The summed E-state index contributed by atoms with van der Waals surface area (Å²) in [4.78, 5) is 23.6. The first kappa shape index (κ1) is 15.6. The first-order valence-corrected chi connectivity index (χ1v) is 6.06. The van der Waals surface area contributed by atoms with E-state index in [0.29, 0.717) is 0 Å². The molecular weight excluding hydrogens is 263 g/mol. The number of nitriles is 1. The molecular formula is C14H15FN2O3. The molecule has 1 aromatic rings. The van der Waals surface area contributed by atoms with Crippen LogP contribution in [0.15, 0.2) is 24.3 Å². The van der Waals surface area contributed by atoms with Crippen LogP contribution >= 0.6 is 0 Å². The SMILES string of the molecule is CC(C)[C@H](NC(=O)c1ccccc1F)C(=O)OCC#N. The van der Waals surface area contributed by atoms with Crippen molar-refractivity contribution in [1.82, 2.24) is 5.32 Å². The van der Waals surface area contributed by atoms with Gasteiger partial charge in [0.25, 0.3) is 5.91 Å². The maximum atomic E-state index is 13.5. The molecule has 0 bridgehead atoms. The largest absolute Gasteiger partial charge is 0.449 e. The van der Waals surface area contributed by atoms with Crippen molar-refractivity contribution in [1.29, 1.82) is 5.26 Å². The predicted octanol–water partition coefficient (Wildman–Crippen LogP) is 1.65. The van der Waals surface area contributed by atoms with Gasteiger partial charge in [-0.25, -0.2) is 9.18 Å². The van der Waals surface area contributed by atoms with E-state index in [9.17, 15) is 14.0 Å². The van der Waals surface area contributed by atoms with Crippen LogP contribution in [0.1, 0.15) is 24.2 Å². The molecule has 1 atom stereocenters. The fourth-order valence-electron chi connectivity index (χ4n) is 1.56. The van der Waals surface area contributed by atoms with Crippen LogP contribution in [0.2, 0.25) is 0 Å². The first-order chi connectivity index (χ1) is 9.47. The third-order valence-electron chi connectivity index (χ3n) is 2.60. The van der Waals surface area contributed by atoms with E-state index in [1.54, 1.807) is 19.9 Å². The van der Waals surface area contributed by atoms with Crippen molar-refractivity contribution in [2.24, 2.45) is 5.92 Å². The predicted molar refractivity (Wildman–Crippen MR) is 69.1 cm³/mol. The molecule has 0 radical (unpaired) electrons. The topological polar surface area (TPSA) is 79.2 Å². The normalized spacial score (nSPS) is 11.6. The molecule has 0 saturated carbocycles. The zero-order valence-electron chi connectivity index (χ0n) is 11.2. The number of nitrogens with one attached hydrogen (secondary N) is 1. The zero-order chi connectivity index (χ0) is 15.1. The molecule has 0 aliphatic rings. The van der Waals surface area contributed by atoms with E-state index in [1.807, 2.05) is 0 Å². The van der Waals surface area contributed by atoms with E-state index >= 15 is 0 Å². The highest BCUT2D eigenvalue weighted by Gasteiger charge is 2.26. The van der Waals surface area contributed by atoms with Crippen molar-refractivity contribution in [2.45, 2.75) is 19.9 Å². The van der Waals surface area contributed by atoms with Gasteiger partial charge in [-0.1, -0.05) is 26.0 Å². The average molecular weight is 278 g/mol. The van der Waals surface area contributed by atoms with Gasteiger partial charge in [-0.15, -0.1) is 0 Å². The molecule has 0 heterocycles. The Morgan fingerprint density at radius 2 is 2.05 bits per heavy atom. The average Bonchev–Trinajstić information content (AvgIpc) is 2.42. The van der Waals surface area contributed by atoms with Crippen LogP contribution in [-0.4, -0.2) is 24.5 Å². The molecule has 0 fully saturated rings. The summed E-state index contributed by atoms with van der Waals surface area (Å²) < 4.78 is 18.1. The van der Waals surface area contributed by atoms with Crippen LogP contribution in [-0.2, 0) is 9.53 Å². The monoisotopic (exact) mass is 278 g/mol. The molecule has 1 rings (SSSR count). The smallest absolute Gasteiger partial charge is 0.329 e. The summed E-state index contributed by atoms with van der Waals surface area (Å²) in [7, 11) is 0. The molecule has 0 spiro atoms. The van der Waals surface area contributed by atoms with E-state index in [-0.39, 0.29) is 11.5 Å². The van der Waals surface area contributed by atoms with Crippen LogP contribution in [0.25, 0.3) is 0 Å². The lowest BCUT2D eigenvalue weighted by molar-refractivity contribution is -0.145. The molecule has 20 heavy (non-hydrogen) atoms. The second-order valence-electron chi connectivity index (χ2n) is 4.44. The molecule has 0 unspecified atom stereocenters. The van der Waals surface area contributed by atoms with Crippen LogP contribution in [0, 0.1) is 23.1 Å². The van der Waals surface area contributed by atoms with Crippen molar-refractivity contribution in [3.8, 4) is 6.07 Å². The molecule has 0 aliphatic carbocycles. The zero-order valence-corrected chi connectivity index (χ0v) is 11.2. The maximum Gasteiger partial charge on any atom is 0.329 e. The summed E-state index contributed by atoms with van der Waals surface area (Å²) in [5, 5.41) is 10.8. The van der Waals surface area contributed by atoms with E-state index in [4.69, 9.17) is 5.26 Å². The Balaban J connectivity index is 2.81. The van der Waals surface area contributed by atoms with Crippen LogP contribution in [0.4, 0.5) is 4.39 Å². The Morgan fingerprint density at radius 1 is 1.40 bits per heavy atom. The highest BCUT2D eigenvalue weighted by molar-refractivity contribution is 5.97. The number of carbonyl (C=O) groups excluding carboxylic acids is 2. The molecule has 106 valence electrons. The van der Waals surface area contributed by atoms with Gasteiger partial charge in [-0.05, 0) is 18.1 Å². The number of benzene rings is 1. The number of esters is 1. The highest BCUT2D eigenvalue weighted by Crippen LogP contribution is 2.09. The molecule has 5 nitrogen and oxygen atoms in total. The van der Waals surface area contributed by atoms with Gasteiger partial charge in [0.1, 0.15) is 17.9 Å². The third-order valence-corrected chi connectivity index (χ3v) is 2.60. The third kappa shape index (κ3) is 4.05. The highest BCUT2D eigenvalue weighted by atomic mass is 19.1. The van der Waals surface area contributed by atoms with Crippen LogP contribution in [0.5, 0.6) is 0 Å². The van der Waals surface area contributed by atoms with Crippen molar-refractivity contribution in [3.63, 3.8) is 0 Å². The quantitative estimate of drug-likeness (QED) is 0.830. The summed E-state index contributed by atoms with van der Waals surface area (Å²) in [6.07, 6.45) is 0. The number of hydrogen-bond acceptors (Lipinski definition) is 4. The number of nitrogens with zero attached hydrogens (tertiary/aromatic N) is 1. The number of amides is 1. The van der Waals surface area contributed by atoms with Crippen molar-refractivity contribution in [3.05, 3.63) is 35.6 Å². The van der Waals surface area contributed by atoms with E-state index < -0.39 is 30.3 Å². The Hall–Kier alpha value is -2.42. The number of ether oxygens (including phenoxy) is 1. The van der Waals surface area contributed by atoms with E-state index in [2.05, 4.69) is 10.1 Å². The van der Waals surface area contributed by atoms with E-state index in [1.165, 1.54) is 18.2 Å². The van der Waals surface area contributed by atoms with Gasteiger partial charge >= 0.3 is 5.97 Å². The van der Waals surface area contributed by atoms with Gasteiger partial charge in [-0.3, -0.25) is 4.79 Å². The molecule has 0 aliphatic heterocycles. The summed E-state index contributed by atoms with van der Waals surface area (Å²) >= 11 is 0. The van der Waals surface area contributed by atoms with Crippen molar-refractivity contribution < 1.29 is 18.7 Å². The molecule has 0 aromatic heterocycles. The Labute approximate surface area is 116 Å². The number of carbonyl (C=O) groups is 2. The summed E-state index contributed by atoms with van der Waals surface area (Å²) in [5.41, 5.74) is -0.147. The Morgan fingerprint density at radius 3 is 2.60 bits per heavy atom. The van der Waals surface area contributed by atoms with Gasteiger partial charge < -0.3 is 10.1 Å². The summed E-state index contributed by atoms with van der Waals surface area (Å²) in [6.45, 7) is 3.03. The summed E-state index contributed by atoms with van der Waals surface area (Å²) in [6, 6.07) is 6.21. The van der Waals surface area contributed by atoms with Crippen molar-refractivity contribution >= 4 is 11.9 Å². The number of halogens is 1. The van der Waals surface area contributed by atoms with Crippen LogP contribution in [0.3, 0.4) is 0 Å². The molecule has 6 heteroatoms. The molecule has 1 aromatic carbocycles. The van der Waals surface area contributed by atoms with Gasteiger partial charge in [-0.2, -0.15) is 5.26 Å². The van der Waals surface area contributed by atoms with Gasteiger partial charge in [0.05, 0.1) is 5.56 Å². The fourth-order valence-corrected chi connectivity index (χ4v) is 1.56. The lowest BCUT2D eigenvalue weighted by Gasteiger charge is -2.20. The molecule has 1 N–H and O–H groups in total. The minimum absolute atomic E-state index is 0.147. The lowest BCUT2D eigenvalue weighted by Crippen LogP contribution is -2.45.